The Morgan fingerprint density at radius 2 is 1.02 bits per heavy atom. The van der Waals surface area contributed by atoms with Gasteiger partial charge in [-0.3, -0.25) is 29.8 Å². The number of ketones is 1. The number of hydrogen-bond donors (Lipinski definition) is 6. The monoisotopic (exact) mass is 1770 g/mol. The second-order valence-electron chi connectivity index (χ2n) is 35.4. The number of rotatable bonds is 44. The van der Waals surface area contributed by atoms with Crippen LogP contribution >= 0.6 is 0 Å². The normalized spacial score (nSPS) is 15.9. The lowest BCUT2D eigenvalue weighted by Gasteiger charge is -2.35. The van der Waals surface area contributed by atoms with Gasteiger partial charge in [0.05, 0.1) is 60.8 Å². The second kappa shape index (κ2) is 44.1. The quantitative estimate of drug-likeness (QED) is 0.0118. The molecule has 0 fully saturated rings. The Labute approximate surface area is 768 Å². The fraction of sp³-hybridized carbons (Fsp3) is 0.345. The average molecular weight is 1770 g/mol. The number of Topliss-reactive ketones (excluding diaryl/α,β-unsaturated/α-hetero) is 1. The van der Waals surface area contributed by atoms with Gasteiger partial charge in [0.2, 0.25) is 5.91 Å². The third kappa shape index (κ3) is 23.5. The summed E-state index contributed by atoms with van der Waals surface area (Å²) in [6, 6.07) is 74.0. The van der Waals surface area contributed by atoms with Crippen LogP contribution in [0.25, 0.3) is 16.7 Å². The van der Waals surface area contributed by atoms with Crippen molar-refractivity contribution in [1.82, 2.24) is 10.6 Å². The van der Waals surface area contributed by atoms with E-state index in [-0.39, 0.29) is 81.9 Å². The fourth-order valence-electron chi connectivity index (χ4n) is 17.9. The van der Waals surface area contributed by atoms with Gasteiger partial charge in [-0.2, -0.15) is 0 Å². The molecule has 14 rings (SSSR count). The Kier molecular flexibility index (Phi) is 31.7. The Morgan fingerprint density at radius 1 is 0.481 bits per heavy atom. The van der Waals surface area contributed by atoms with E-state index in [2.05, 4.69) is 161 Å². The summed E-state index contributed by atoms with van der Waals surface area (Å²) in [6.45, 7) is 13.2. The van der Waals surface area contributed by atoms with Crippen molar-refractivity contribution in [2.75, 3.05) is 76.7 Å². The van der Waals surface area contributed by atoms with E-state index in [1.165, 1.54) is 44.5 Å². The minimum Gasteiger partial charge on any atom is -0.494 e. The van der Waals surface area contributed by atoms with E-state index in [1.54, 1.807) is 46.8 Å². The molecule has 4 amide bonds. The van der Waals surface area contributed by atoms with Crippen molar-refractivity contribution >= 4 is 52.7 Å². The first-order valence-electron chi connectivity index (χ1n) is 45.8. The van der Waals surface area contributed by atoms with Gasteiger partial charge in [0, 0.05) is 35.6 Å². The highest BCUT2D eigenvalue weighted by Crippen LogP contribution is 2.59. The van der Waals surface area contributed by atoms with Gasteiger partial charge in [0.25, 0.3) is 5.91 Å². The van der Waals surface area contributed by atoms with E-state index in [1.807, 2.05) is 117 Å². The molecule has 0 saturated carbocycles. The summed E-state index contributed by atoms with van der Waals surface area (Å²) in [4.78, 5) is 81.2. The number of anilines is 2. The Bertz CT molecular complexity index is 5680. The molecule has 5 aliphatic carbocycles. The first-order valence-corrected chi connectivity index (χ1v) is 45.8. The molecular weight excluding hydrogens is 1650 g/mol. The van der Waals surface area contributed by atoms with Crippen LogP contribution < -0.4 is 40.2 Å². The van der Waals surface area contributed by atoms with Gasteiger partial charge in [0.1, 0.15) is 74.0 Å². The molecule has 0 saturated heterocycles. The molecule has 0 aliphatic heterocycles. The molecule has 9 aromatic rings. The standard InChI is InChI=1S/C110H120N4O17/c1-74(2)103(119)128-71-88(116)31-22-40-101(117)108(7,73-130-106(122)114-87-30-21-26-79(70-87)66-77-24-19-28-85(68-77)112-104(120)107(5,6)131-64-63-127-92-56-48-83(49-57-92)110(81-44-52-90(53-45-81)125-60-58-115)99-38-14-10-34-95(99)96-35-11-15-39-100(96)110)72-129-105(121)113-86-29-20-25-78(69-86)65-76-23-18-27-84(67-76)111-102(118)41-16-17-59-124-89-50-42-80(43-51-89)109(82-46-54-91(55-47-82)126-62-61-123-75(3)4)97-36-12-8-32-93(97)94-33-9-13-37-98(94)109/h8-10,12-15,18,20,23-25,27,29-30,32-34,36-39,42-57,67-70,74-75,88,115-116H,11,16-17,19,21-22,26,28,31,35,40-41,58-66,71-73H2,1-7H3,(H,111,118)(H,112,120)(H,113,121)(H,114,122). The summed E-state index contributed by atoms with van der Waals surface area (Å²) in [7, 11) is 0. The molecule has 21 heteroatoms. The van der Waals surface area contributed by atoms with Crippen LogP contribution in [-0.2, 0) is 60.1 Å². The number of aliphatic hydroxyl groups excluding tert-OH is 2. The maximum atomic E-state index is 14.3. The highest BCUT2D eigenvalue weighted by molar-refractivity contribution is 5.92. The number of amides is 4. The number of carbonyl (C=O) groups is 6. The highest BCUT2D eigenvalue weighted by Gasteiger charge is 2.49. The summed E-state index contributed by atoms with van der Waals surface area (Å²) >= 11 is 0. The van der Waals surface area contributed by atoms with Crippen LogP contribution in [-0.4, -0.2) is 130 Å². The molecular formula is C110H120N4O17. The lowest BCUT2D eigenvalue weighted by atomic mass is 9.66. The lowest BCUT2D eigenvalue weighted by molar-refractivity contribution is -0.150. The summed E-state index contributed by atoms with van der Waals surface area (Å²) in [6.07, 6.45) is 17.4. The number of esters is 1. The first kappa shape index (κ1) is 94.2. The molecule has 6 N–H and O–H groups in total. The molecule has 5 aliphatic rings. The van der Waals surface area contributed by atoms with Crippen molar-refractivity contribution in [2.24, 2.45) is 11.3 Å². The lowest BCUT2D eigenvalue weighted by Crippen LogP contribution is -2.44. The van der Waals surface area contributed by atoms with Crippen molar-refractivity contribution in [3.05, 3.63) is 339 Å². The molecule has 0 bridgehead atoms. The Morgan fingerprint density at radius 3 is 1.60 bits per heavy atom. The van der Waals surface area contributed by atoms with Crippen molar-refractivity contribution in [1.29, 1.82) is 0 Å². The van der Waals surface area contributed by atoms with Gasteiger partial charge in [-0.15, -0.1) is 0 Å². The molecule has 131 heavy (non-hydrogen) atoms. The highest BCUT2D eigenvalue weighted by atomic mass is 16.6. The van der Waals surface area contributed by atoms with Gasteiger partial charge in [-0.05, 0) is 280 Å². The Hall–Kier alpha value is -12.9. The number of fused-ring (bicyclic) bond motifs is 5. The van der Waals surface area contributed by atoms with E-state index < -0.39 is 59.3 Å². The number of aliphatic hydroxyl groups is 2. The molecule has 0 heterocycles. The number of nitrogens with one attached hydrogen (secondary N) is 4. The maximum absolute atomic E-state index is 14.3. The molecule has 9 aromatic carbocycles. The second-order valence-corrected chi connectivity index (χ2v) is 35.4. The molecule has 3 unspecified atom stereocenters. The number of ether oxygens (including phenoxy) is 9. The fourth-order valence-corrected chi connectivity index (χ4v) is 17.9. The number of hydrogen-bond acceptors (Lipinski definition) is 17. The number of carbonyl (C=O) groups excluding carboxylic acids is 6. The van der Waals surface area contributed by atoms with Gasteiger partial charge >= 0.3 is 18.2 Å². The molecule has 21 nitrogen and oxygen atoms in total. The van der Waals surface area contributed by atoms with Crippen LogP contribution in [0.3, 0.4) is 0 Å². The third-order valence-corrected chi connectivity index (χ3v) is 24.6. The SMILES string of the molecule is CC(C)OCCOc1ccc(C2(c3ccc(OCCCCC(=O)Nc4cccc(Cc5cccc(NC(=O)OCC(C)(COC(=O)NC6=CCCC(CC7=CCCC(NC(=O)C(C)(C)OCCOc8ccc(C9(c%10ccc(OCCO)cc%10)C%10=C(CCC=C%10)c%10ccccc%109)cc8)=C7)=C6)C(=O)CCCC(O)COC(=O)C(C)C)c5)c4)cc3)c3ccccc3-c3ccccc32)cc1. The summed E-state index contributed by atoms with van der Waals surface area (Å²) < 4.78 is 53.1. The number of benzene rings is 9. The van der Waals surface area contributed by atoms with E-state index >= 15 is 0 Å². The number of alkyl carbamates (subject to hydrolysis) is 1. The Balaban J connectivity index is 0.528. The zero-order valence-corrected chi connectivity index (χ0v) is 76.0. The zero-order valence-electron chi connectivity index (χ0n) is 76.0. The molecule has 3 atom stereocenters. The number of allylic oxidation sites excluding steroid dienone is 11. The van der Waals surface area contributed by atoms with Crippen molar-refractivity contribution in [3.63, 3.8) is 0 Å². The smallest absolute Gasteiger partial charge is 0.411 e. The molecule has 0 aromatic heterocycles. The minimum absolute atomic E-state index is 0.0682. The van der Waals surface area contributed by atoms with Gasteiger partial charge in [0.15, 0.2) is 0 Å². The van der Waals surface area contributed by atoms with Crippen LogP contribution in [0.5, 0.6) is 23.0 Å². The summed E-state index contributed by atoms with van der Waals surface area (Å²) in [5, 5.41) is 31.9. The van der Waals surface area contributed by atoms with E-state index in [9.17, 15) is 39.0 Å². The molecule has 682 valence electrons. The minimum atomic E-state index is -1.53. The third-order valence-electron chi connectivity index (χ3n) is 24.6. The molecule has 0 spiro atoms. The van der Waals surface area contributed by atoms with E-state index in [0.29, 0.717) is 99.8 Å². The topological polar surface area (TPSA) is 274 Å². The van der Waals surface area contributed by atoms with Crippen LogP contribution in [0.2, 0.25) is 0 Å². The first-order chi connectivity index (χ1) is 63.5. The maximum Gasteiger partial charge on any atom is 0.411 e. The molecule has 0 radical (unpaired) electrons. The van der Waals surface area contributed by atoms with Crippen molar-refractivity contribution < 1.29 is 81.6 Å². The van der Waals surface area contributed by atoms with Crippen LogP contribution in [0.4, 0.5) is 21.0 Å². The van der Waals surface area contributed by atoms with Crippen LogP contribution in [0.15, 0.2) is 283 Å². The van der Waals surface area contributed by atoms with Crippen molar-refractivity contribution in [3.8, 4) is 34.1 Å². The predicted octanol–water partition coefficient (Wildman–Crippen LogP) is 20.6. The van der Waals surface area contributed by atoms with Gasteiger partial charge in [-0.1, -0.05) is 189 Å². The van der Waals surface area contributed by atoms with Crippen LogP contribution in [0.1, 0.15) is 188 Å². The van der Waals surface area contributed by atoms with Gasteiger partial charge in [-0.25, -0.2) is 9.59 Å². The van der Waals surface area contributed by atoms with Crippen molar-refractivity contribution in [2.45, 2.75) is 167 Å². The van der Waals surface area contributed by atoms with Gasteiger partial charge < -0.3 is 63.5 Å². The van der Waals surface area contributed by atoms with E-state index in [4.69, 9.17) is 42.6 Å². The summed E-state index contributed by atoms with van der Waals surface area (Å²) in [5.41, 5.74) is 16.6. The average Bonchev–Trinajstić information content (AvgIpc) is 1.57. The number of unbranched alkanes of at least 4 members (excludes halogenated alkanes) is 1. The van der Waals surface area contributed by atoms with E-state index in [0.717, 1.165) is 81.0 Å². The summed E-state index contributed by atoms with van der Waals surface area (Å²) in [5.74, 6) is 1.25. The largest absolute Gasteiger partial charge is 0.494 e. The van der Waals surface area contributed by atoms with Crippen LogP contribution in [0, 0.1) is 11.3 Å². The zero-order chi connectivity index (χ0) is 91.9. The predicted molar refractivity (Wildman–Crippen MR) is 508 cm³/mol.